The van der Waals surface area contributed by atoms with Gasteiger partial charge >= 0.3 is 5.97 Å². The van der Waals surface area contributed by atoms with Gasteiger partial charge < -0.3 is 15.3 Å². The molecule has 0 aliphatic carbocycles. The van der Waals surface area contributed by atoms with Crippen LogP contribution in [-0.2, 0) is 9.53 Å². The van der Waals surface area contributed by atoms with Gasteiger partial charge in [0.05, 0.1) is 17.9 Å². The Morgan fingerprint density at radius 2 is 1.90 bits per heavy atom. The normalized spacial score (nSPS) is 10.6. The van der Waals surface area contributed by atoms with Crippen molar-refractivity contribution in [2.45, 2.75) is 18.9 Å². The van der Waals surface area contributed by atoms with Crippen LogP contribution in [0.15, 0.2) is 59.8 Å². The van der Waals surface area contributed by atoms with E-state index in [1.165, 1.54) is 17.5 Å². The van der Waals surface area contributed by atoms with Crippen LogP contribution in [0.4, 0.5) is 5.00 Å². The summed E-state index contributed by atoms with van der Waals surface area (Å²) in [6, 6.07) is 14.7. The van der Waals surface area contributed by atoms with Crippen LogP contribution < -0.4 is 10.0 Å². The third kappa shape index (κ3) is 4.96. The number of anilines is 1. The summed E-state index contributed by atoms with van der Waals surface area (Å²) in [7, 11) is 0. The zero-order chi connectivity index (χ0) is 20.8. The van der Waals surface area contributed by atoms with Crippen LogP contribution in [0.5, 0.6) is 0 Å². The molecule has 3 rings (SSSR count). The fourth-order valence-electron chi connectivity index (χ4n) is 2.74. The van der Waals surface area contributed by atoms with Crippen LogP contribution in [0.25, 0.3) is 10.4 Å². The van der Waals surface area contributed by atoms with E-state index in [9.17, 15) is 14.8 Å². The van der Waals surface area contributed by atoms with E-state index in [4.69, 9.17) is 4.74 Å². The fraction of sp³-hybridized carbons (Fsp3) is 0.190. The van der Waals surface area contributed by atoms with E-state index in [-0.39, 0.29) is 18.3 Å². The molecule has 0 unspecified atom stereocenters. The second kappa shape index (κ2) is 9.58. The maximum atomic E-state index is 12.5. The molecule has 6 nitrogen and oxygen atoms in total. The molecule has 1 N–H and O–H groups in total. The minimum absolute atomic E-state index is 0.0478. The van der Waals surface area contributed by atoms with Crippen LogP contribution in [0.2, 0.25) is 0 Å². The summed E-state index contributed by atoms with van der Waals surface area (Å²) in [6.45, 7) is 3.83. The SMILES string of the molecule is CCOC(=O)c1c(NC(=O)CSc2cccc[n+]2[O-])sc(-c2ccccc2)c1C. The molecule has 0 saturated heterocycles. The van der Waals surface area contributed by atoms with E-state index in [2.05, 4.69) is 5.32 Å². The van der Waals surface area contributed by atoms with Gasteiger partial charge in [0.25, 0.3) is 5.03 Å². The number of hydrogen-bond acceptors (Lipinski definition) is 6. The van der Waals surface area contributed by atoms with Crippen LogP contribution in [-0.4, -0.2) is 24.2 Å². The van der Waals surface area contributed by atoms with Gasteiger partial charge in [0.1, 0.15) is 5.00 Å². The number of esters is 1. The Balaban J connectivity index is 1.84. The molecular formula is C21H20N2O4S2. The highest BCUT2D eigenvalue weighted by atomic mass is 32.2. The Morgan fingerprint density at radius 1 is 1.17 bits per heavy atom. The van der Waals surface area contributed by atoms with Gasteiger partial charge in [0.2, 0.25) is 5.91 Å². The standard InChI is InChI=1S/C21H20N2O4S2/c1-3-27-21(25)18-14(2)19(15-9-5-4-6-10-15)29-20(18)22-16(24)13-28-17-11-7-8-12-23(17)26/h4-12H,3,13H2,1-2H3,(H,22,24). The highest BCUT2D eigenvalue weighted by Crippen LogP contribution is 2.40. The smallest absolute Gasteiger partial charge is 0.341 e. The first kappa shape index (κ1) is 20.9. The Labute approximate surface area is 177 Å². The van der Waals surface area contributed by atoms with Gasteiger partial charge in [-0.05, 0) is 42.8 Å². The van der Waals surface area contributed by atoms with Crippen molar-refractivity contribution in [3.05, 3.63) is 71.1 Å². The first-order valence-electron chi connectivity index (χ1n) is 8.98. The van der Waals surface area contributed by atoms with Crippen molar-refractivity contribution in [1.82, 2.24) is 0 Å². The van der Waals surface area contributed by atoms with Gasteiger partial charge in [-0.3, -0.25) is 4.79 Å². The number of ether oxygens (including phenoxy) is 1. The van der Waals surface area contributed by atoms with Crippen LogP contribution in [0, 0.1) is 12.1 Å². The van der Waals surface area contributed by atoms with Gasteiger partial charge in [-0.1, -0.05) is 30.3 Å². The number of amides is 1. The van der Waals surface area contributed by atoms with Crippen molar-refractivity contribution < 1.29 is 19.1 Å². The number of carbonyl (C=O) groups excluding carboxylic acids is 2. The second-order valence-electron chi connectivity index (χ2n) is 6.05. The lowest BCUT2D eigenvalue weighted by Gasteiger charge is -2.07. The molecule has 0 aliphatic rings. The highest BCUT2D eigenvalue weighted by molar-refractivity contribution is 7.99. The predicted octanol–water partition coefficient (Wildman–Crippen LogP) is 4.26. The molecule has 0 atom stereocenters. The molecule has 0 saturated carbocycles. The van der Waals surface area contributed by atoms with E-state index in [1.807, 2.05) is 37.3 Å². The first-order valence-corrected chi connectivity index (χ1v) is 10.8. The molecule has 2 heterocycles. The maximum absolute atomic E-state index is 12.5. The van der Waals surface area contributed by atoms with Gasteiger partial charge in [0.15, 0.2) is 6.20 Å². The van der Waals surface area contributed by atoms with Crippen molar-refractivity contribution in [3.8, 4) is 10.4 Å². The molecule has 8 heteroatoms. The van der Waals surface area contributed by atoms with Gasteiger partial charge in [0, 0.05) is 17.0 Å². The maximum Gasteiger partial charge on any atom is 0.341 e. The number of rotatable bonds is 7. The Morgan fingerprint density at radius 3 is 2.59 bits per heavy atom. The van der Waals surface area contributed by atoms with Crippen molar-refractivity contribution in [2.24, 2.45) is 0 Å². The molecule has 0 aliphatic heterocycles. The van der Waals surface area contributed by atoms with Crippen molar-refractivity contribution >= 4 is 40.0 Å². The molecule has 0 bridgehead atoms. The molecule has 0 radical (unpaired) electrons. The molecular weight excluding hydrogens is 408 g/mol. The summed E-state index contributed by atoms with van der Waals surface area (Å²) >= 11 is 2.47. The zero-order valence-corrected chi connectivity index (χ0v) is 17.6. The van der Waals surface area contributed by atoms with Gasteiger partial charge in [-0.15, -0.1) is 11.3 Å². The predicted molar refractivity (Wildman–Crippen MR) is 115 cm³/mol. The Bertz CT molecular complexity index is 1020. The van der Waals surface area contributed by atoms with Gasteiger partial charge in [-0.2, -0.15) is 4.73 Å². The van der Waals surface area contributed by atoms with Crippen molar-refractivity contribution in [3.63, 3.8) is 0 Å². The van der Waals surface area contributed by atoms with Crippen LogP contribution in [0.3, 0.4) is 0 Å². The van der Waals surface area contributed by atoms with Gasteiger partial charge in [-0.25, -0.2) is 4.79 Å². The van der Waals surface area contributed by atoms with E-state index < -0.39 is 5.97 Å². The number of thiophene rings is 1. The molecule has 2 aromatic heterocycles. The number of hydrogen-bond donors (Lipinski definition) is 1. The lowest BCUT2D eigenvalue weighted by atomic mass is 10.1. The number of nitrogens with zero attached hydrogens (tertiary/aromatic N) is 1. The monoisotopic (exact) mass is 428 g/mol. The number of carbonyl (C=O) groups is 2. The van der Waals surface area contributed by atoms with Crippen LogP contribution >= 0.6 is 23.1 Å². The molecule has 29 heavy (non-hydrogen) atoms. The van der Waals surface area contributed by atoms with E-state index in [0.717, 1.165) is 27.8 Å². The van der Waals surface area contributed by atoms with Crippen molar-refractivity contribution in [2.75, 3.05) is 17.7 Å². The Hall–Kier alpha value is -2.84. The average molecular weight is 429 g/mol. The summed E-state index contributed by atoms with van der Waals surface area (Å²) < 4.78 is 5.90. The molecule has 1 aromatic carbocycles. The third-order valence-electron chi connectivity index (χ3n) is 4.05. The van der Waals surface area contributed by atoms with Crippen LogP contribution in [0.1, 0.15) is 22.8 Å². The summed E-state index contributed by atoms with van der Waals surface area (Å²) in [4.78, 5) is 25.9. The lowest BCUT2D eigenvalue weighted by Crippen LogP contribution is -2.28. The number of nitrogens with one attached hydrogen (secondary N) is 1. The quantitative estimate of drug-likeness (QED) is 0.263. The molecule has 150 valence electrons. The second-order valence-corrected chi connectivity index (χ2v) is 8.06. The van der Waals surface area contributed by atoms with E-state index >= 15 is 0 Å². The fourth-order valence-corrected chi connectivity index (χ4v) is 4.67. The topological polar surface area (TPSA) is 82.3 Å². The summed E-state index contributed by atoms with van der Waals surface area (Å²) in [5.41, 5.74) is 2.10. The summed E-state index contributed by atoms with van der Waals surface area (Å²) in [5, 5.41) is 15.4. The first-order chi connectivity index (χ1) is 14.0. The Kier molecular flexibility index (Phi) is 6.90. The summed E-state index contributed by atoms with van der Waals surface area (Å²) in [5.74, 6) is -0.719. The number of aromatic nitrogens is 1. The minimum atomic E-state index is -0.466. The molecule has 0 spiro atoms. The largest absolute Gasteiger partial charge is 0.618 e. The minimum Gasteiger partial charge on any atom is -0.618 e. The number of pyridine rings is 1. The zero-order valence-electron chi connectivity index (χ0n) is 16.0. The molecule has 0 fully saturated rings. The third-order valence-corrected chi connectivity index (χ3v) is 6.33. The van der Waals surface area contributed by atoms with Crippen molar-refractivity contribution in [1.29, 1.82) is 0 Å². The molecule has 3 aromatic rings. The number of benzene rings is 1. The summed E-state index contributed by atoms with van der Waals surface area (Å²) in [6.07, 6.45) is 1.38. The van der Waals surface area contributed by atoms with E-state index in [1.54, 1.807) is 25.1 Å². The van der Waals surface area contributed by atoms with E-state index in [0.29, 0.717) is 20.3 Å². The average Bonchev–Trinajstić information content (AvgIpc) is 3.04. The number of thioether (sulfide) groups is 1. The lowest BCUT2D eigenvalue weighted by molar-refractivity contribution is -0.645. The highest BCUT2D eigenvalue weighted by Gasteiger charge is 2.24. The molecule has 1 amide bonds.